The van der Waals surface area contributed by atoms with Crippen LogP contribution in [0, 0.1) is 6.92 Å². The highest BCUT2D eigenvalue weighted by molar-refractivity contribution is 6.04. The Labute approximate surface area is 215 Å². The minimum atomic E-state index is -0.735. The van der Waals surface area contributed by atoms with E-state index >= 15 is 0 Å². The van der Waals surface area contributed by atoms with Gasteiger partial charge < -0.3 is 10.6 Å². The number of fused-ring (bicyclic) bond motifs is 1. The average molecular weight is 502 g/mol. The molecule has 8 nitrogen and oxygen atoms in total. The molecular formula is C28H32FN7O. The molecule has 1 fully saturated rings. The van der Waals surface area contributed by atoms with Crippen LogP contribution in [0.1, 0.15) is 53.4 Å². The van der Waals surface area contributed by atoms with Crippen molar-refractivity contribution in [1.29, 1.82) is 0 Å². The van der Waals surface area contributed by atoms with Crippen LogP contribution in [-0.2, 0) is 13.1 Å². The standard InChI is InChI=1S/C28H32FN7O/c1-4-36-17-25-27(34-36)33-26(14-30-25)31-19(3)20-6-5-7-24(13-20)32-28(37)21-8-9-22(18(2)12-21)15-35-11-10-23(29)16-35/h5-9,12-14,17,19,23H,4,10-11,15-16H2,1-3H3,(H,32,37)(H,31,33,34)/t19-,23-/m0/s1. The van der Waals surface area contributed by atoms with Crippen LogP contribution in [0.5, 0.6) is 0 Å². The Kier molecular flexibility index (Phi) is 7.14. The highest BCUT2D eigenvalue weighted by atomic mass is 19.1. The van der Waals surface area contributed by atoms with Crippen molar-refractivity contribution in [2.45, 2.75) is 52.5 Å². The van der Waals surface area contributed by atoms with Crippen LogP contribution in [0.3, 0.4) is 0 Å². The van der Waals surface area contributed by atoms with Gasteiger partial charge in [0, 0.05) is 37.4 Å². The Morgan fingerprint density at radius 2 is 2.11 bits per heavy atom. The van der Waals surface area contributed by atoms with Crippen molar-refractivity contribution in [3.8, 4) is 0 Å². The third-order valence-corrected chi connectivity index (χ3v) is 6.82. The van der Waals surface area contributed by atoms with Gasteiger partial charge in [0.2, 0.25) is 5.65 Å². The molecule has 2 atom stereocenters. The fourth-order valence-electron chi connectivity index (χ4n) is 4.66. The molecule has 0 unspecified atom stereocenters. The van der Waals surface area contributed by atoms with Crippen molar-refractivity contribution in [2.75, 3.05) is 23.7 Å². The van der Waals surface area contributed by atoms with Crippen molar-refractivity contribution in [3.05, 3.63) is 77.1 Å². The van der Waals surface area contributed by atoms with Gasteiger partial charge in [-0.15, -0.1) is 0 Å². The number of halogens is 1. The van der Waals surface area contributed by atoms with Crippen LogP contribution in [0.25, 0.3) is 11.2 Å². The monoisotopic (exact) mass is 501 g/mol. The molecule has 192 valence electrons. The number of likely N-dealkylation sites (tertiary alicyclic amines) is 1. The second-order valence-corrected chi connectivity index (χ2v) is 9.66. The zero-order valence-electron chi connectivity index (χ0n) is 21.4. The van der Waals surface area contributed by atoms with E-state index in [1.165, 1.54) is 0 Å². The van der Waals surface area contributed by atoms with Gasteiger partial charge in [-0.1, -0.05) is 18.2 Å². The molecule has 1 saturated heterocycles. The van der Waals surface area contributed by atoms with E-state index in [1.807, 2.05) is 74.1 Å². The van der Waals surface area contributed by atoms with Crippen LogP contribution in [0.15, 0.2) is 54.9 Å². The number of alkyl halides is 1. The van der Waals surface area contributed by atoms with Gasteiger partial charge in [0.1, 0.15) is 17.5 Å². The molecule has 3 heterocycles. The van der Waals surface area contributed by atoms with Gasteiger partial charge in [0.25, 0.3) is 5.91 Å². The number of hydrogen-bond donors (Lipinski definition) is 2. The summed E-state index contributed by atoms with van der Waals surface area (Å²) in [5.41, 5.74) is 5.83. The Bertz CT molecular complexity index is 1420. The van der Waals surface area contributed by atoms with Crippen LogP contribution in [0.4, 0.5) is 15.9 Å². The summed E-state index contributed by atoms with van der Waals surface area (Å²) >= 11 is 0. The topological polar surface area (TPSA) is 88.0 Å². The number of hydrogen-bond acceptors (Lipinski definition) is 6. The summed E-state index contributed by atoms with van der Waals surface area (Å²) in [6, 6.07) is 13.4. The quantitative estimate of drug-likeness (QED) is 0.348. The summed E-state index contributed by atoms with van der Waals surface area (Å²) in [5.74, 6) is 0.475. The molecule has 0 aliphatic carbocycles. The molecule has 0 bridgehead atoms. The Balaban J connectivity index is 1.23. The van der Waals surface area contributed by atoms with E-state index in [-0.39, 0.29) is 11.9 Å². The van der Waals surface area contributed by atoms with Crippen molar-refractivity contribution < 1.29 is 9.18 Å². The van der Waals surface area contributed by atoms with E-state index in [1.54, 1.807) is 6.20 Å². The molecule has 4 aromatic rings. The molecule has 1 aliphatic rings. The SMILES string of the molecule is CCn1cc2ncc(N[C@@H](C)c3cccc(NC(=O)c4ccc(CN5CC[C@H](F)C5)c(C)c4)c3)nc2n1. The largest absolute Gasteiger partial charge is 0.362 e. The van der Waals surface area contributed by atoms with Gasteiger partial charge in [0.05, 0.1) is 18.4 Å². The van der Waals surface area contributed by atoms with E-state index in [4.69, 9.17) is 0 Å². The first-order chi connectivity index (χ1) is 17.9. The normalized spacial score (nSPS) is 16.7. The van der Waals surface area contributed by atoms with Crippen LogP contribution in [0.2, 0.25) is 0 Å². The smallest absolute Gasteiger partial charge is 0.255 e. The maximum absolute atomic E-state index is 13.5. The third-order valence-electron chi connectivity index (χ3n) is 6.82. The molecule has 37 heavy (non-hydrogen) atoms. The van der Waals surface area contributed by atoms with E-state index in [2.05, 4.69) is 30.6 Å². The number of nitrogens with zero attached hydrogens (tertiary/aromatic N) is 5. The van der Waals surface area contributed by atoms with Gasteiger partial charge >= 0.3 is 0 Å². The zero-order chi connectivity index (χ0) is 25.9. The van der Waals surface area contributed by atoms with E-state index in [0.29, 0.717) is 42.2 Å². The first-order valence-electron chi connectivity index (χ1n) is 12.7. The van der Waals surface area contributed by atoms with Crippen molar-refractivity contribution in [2.24, 2.45) is 0 Å². The van der Waals surface area contributed by atoms with Crippen molar-refractivity contribution in [1.82, 2.24) is 24.6 Å². The molecule has 2 aromatic carbocycles. The highest BCUT2D eigenvalue weighted by Gasteiger charge is 2.22. The van der Waals surface area contributed by atoms with Crippen molar-refractivity contribution >= 4 is 28.6 Å². The molecular weight excluding hydrogens is 469 g/mol. The molecule has 2 aromatic heterocycles. The Hall–Kier alpha value is -3.85. The molecule has 1 amide bonds. The highest BCUT2D eigenvalue weighted by Crippen LogP contribution is 2.23. The molecule has 0 spiro atoms. The maximum Gasteiger partial charge on any atom is 0.255 e. The summed E-state index contributed by atoms with van der Waals surface area (Å²) in [4.78, 5) is 24.1. The minimum Gasteiger partial charge on any atom is -0.362 e. The third kappa shape index (κ3) is 5.77. The summed E-state index contributed by atoms with van der Waals surface area (Å²) in [5, 5.41) is 10.8. The summed E-state index contributed by atoms with van der Waals surface area (Å²) in [6.45, 7) is 8.78. The number of carbonyl (C=O) groups excluding carboxylic acids is 1. The lowest BCUT2D eigenvalue weighted by atomic mass is 10.0. The fraction of sp³-hybridized carbons (Fsp3) is 0.357. The lowest BCUT2D eigenvalue weighted by Gasteiger charge is -2.17. The number of anilines is 2. The number of aromatic nitrogens is 4. The number of carbonyl (C=O) groups is 1. The second kappa shape index (κ2) is 10.6. The number of aryl methyl sites for hydroxylation is 2. The van der Waals surface area contributed by atoms with Crippen molar-refractivity contribution in [3.63, 3.8) is 0 Å². The number of amides is 1. The van der Waals surface area contributed by atoms with Gasteiger partial charge in [-0.2, -0.15) is 5.10 Å². The van der Waals surface area contributed by atoms with Crippen LogP contribution >= 0.6 is 0 Å². The molecule has 1 aliphatic heterocycles. The molecule has 0 radical (unpaired) electrons. The molecule has 5 rings (SSSR count). The molecule has 0 saturated carbocycles. The lowest BCUT2D eigenvalue weighted by Crippen LogP contribution is -2.21. The van der Waals surface area contributed by atoms with E-state index in [0.717, 1.165) is 35.3 Å². The average Bonchev–Trinajstić information content (AvgIpc) is 3.50. The number of rotatable bonds is 8. The lowest BCUT2D eigenvalue weighted by molar-refractivity contribution is 0.102. The Morgan fingerprint density at radius 3 is 2.86 bits per heavy atom. The van der Waals surface area contributed by atoms with E-state index in [9.17, 15) is 9.18 Å². The first kappa shape index (κ1) is 24.8. The fourth-order valence-corrected chi connectivity index (χ4v) is 4.66. The second-order valence-electron chi connectivity index (χ2n) is 9.66. The summed E-state index contributed by atoms with van der Waals surface area (Å²) < 4.78 is 15.3. The zero-order valence-corrected chi connectivity index (χ0v) is 21.4. The Morgan fingerprint density at radius 1 is 1.24 bits per heavy atom. The number of benzene rings is 2. The minimum absolute atomic E-state index is 0.0621. The van der Waals surface area contributed by atoms with Crippen LogP contribution in [-0.4, -0.2) is 49.8 Å². The predicted molar refractivity (Wildman–Crippen MR) is 143 cm³/mol. The predicted octanol–water partition coefficient (Wildman–Crippen LogP) is 5.12. The van der Waals surface area contributed by atoms with Gasteiger partial charge in [-0.25, -0.2) is 14.4 Å². The summed E-state index contributed by atoms with van der Waals surface area (Å²) in [7, 11) is 0. The first-order valence-corrected chi connectivity index (χ1v) is 12.7. The van der Waals surface area contributed by atoms with E-state index < -0.39 is 6.17 Å². The number of nitrogens with one attached hydrogen (secondary N) is 2. The molecule has 2 N–H and O–H groups in total. The molecule has 9 heteroatoms. The van der Waals surface area contributed by atoms with Crippen LogP contribution < -0.4 is 10.6 Å². The van der Waals surface area contributed by atoms with Gasteiger partial charge in [0.15, 0.2) is 0 Å². The van der Waals surface area contributed by atoms with Gasteiger partial charge in [-0.05, 0) is 68.1 Å². The summed E-state index contributed by atoms with van der Waals surface area (Å²) in [6.07, 6.45) is 3.45. The van der Waals surface area contributed by atoms with Gasteiger partial charge in [-0.3, -0.25) is 14.4 Å². The maximum atomic E-state index is 13.5.